The van der Waals surface area contributed by atoms with Crippen molar-refractivity contribution in [1.82, 2.24) is 9.66 Å². The minimum atomic E-state index is -0.163. The summed E-state index contributed by atoms with van der Waals surface area (Å²) in [5, 5.41) is 5.90. The minimum Gasteiger partial charge on any atom is -0.493 e. The van der Waals surface area contributed by atoms with Crippen LogP contribution in [0.5, 0.6) is 11.5 Å². The van der Waals surface area contributed by atoms with Crippen molar-refractivity contribution in [1.29, 1.82) is 0 Å². The third-order valence-corrected chi connectivity index (χ3v) is 6.84. The van der Waals surface area contributed by atoms with Crippen LogP contribution in [0.3, 0.4) is 0 Å². The van der Waals surface area contributed by atoms with Gasteiger partial charge in [0.05, 0.1) is 24.2 Å². The molecule has 5 rings (SSSR count). The molecule has 1 aliphatic rings. The number of nitrogens with zero attached hydrogens (tertiary/aromatic N) is 3. The number of methoxy groups -OCH3 is 1. The second-order valence-corrected chi connectivity index (χ2v) is 9.41. The van der Waals surface area contributed by atoms with Gasteiger partial charge >= 0.3 is 0 Å². The first kappa shape index (κ1) is 24.1. The van der Waals surface area contributed by atoms with Gasteiger partial charge < -0.3 is 9.47 Å². The first-order chi connectivity index (χ1) is 17.6. The Bertz CT molecular complexity index is 1440. The van der Waals surface area contributed by atoms with Crippen LogP contribution in [-0.4, -0.2) is 23.0 Å². The van der Waals surface area contributed by atoms with Crippen LogP contribution in [0.25, 0.3) is 10.9 Å². The lowest BCUT2D eigenvalue weighted by atomic mass is 9.88. The van der Waals surface area contributed by atoms with Crippen LogP contribution in [0.4, 0.5) is 0 Å². The Morgan fingerprint density at radius 1 is 1.03 bits per heavy atom. The van der Waals surface area contributed by atoms with E-state index < -0.39 is 0 Å². The molecule has 3 aromatic carbocycles. The van der Waals surface area contributed by atoms with Crippen LogP contribution in [0.1, 0.15) is 55.0 Å². The highest BCUT2D eigenvalue weighted by molar-refractivity contribution is 6.30. The zero-order valence-corrected chi connectivity index (χ0v) is 20.9. The third-order valence-electron chi connectivity index (χ3n) is 6.59. The molecule has 0 aliphatic heterocycles. The van der Waals surface area contributed by atoms with E-state index in [1.165, 1.54) is 11.1 Å². The molecule has 0 unspecified atom stereocenters. The average Bonchev–Trinajstić information content (AvgIpc) is 2.92. The summed E-state index contributed by atoms with van der Waals surface area (Å²) in [5.41, 5.74) is 2.23. The van der Waals surface area contributed by atoms with E-state index in [1.807, 2.05) is 60.7 Å². The van der Waals surface area contributed by atoms with Crippen LogP contribution in [0.2, 0.25) is 5.02 Å². The molecule has 184 valence electrons. The van der Waals surface area contributed by atoms with Crippen molar-refractivity contribution >= 4 is 28.7 Å². The number of hydrogen-bond donors (Lipinski definition) is 0. The fraction of sp³-hybridized carbons (Fsp3) is 0.276. The van der Waals surface area contributed by atoms with Crippen LogP contribution in [0, 0.1) is 0 Å². The molecule has 0 amide bonds. The van der Waals surface area contributed by atoms with Crippen molar-refractivity contribution in [2.75, 3.05) is 7.11 Å². The average molecular weight is 502 g/mol. The van der Waals surface area contributed by atoms with Crippen molar-refractivity contribution in [3.8, 4) is 11.5 Å². The van der Waals surface area contributed by atoms with Crippen molar-refractivity contribution in [3.63, 3.8) is 0 Å². The number of fused-ring (bicyclic) bond motifs is 1. The van der Waals surface area contributed by atoms with E-state index in [-0.39, 0.29) is 11.5 Å². The van der Waals surface area contributed by atoms with Gasteiger partial charge in [-0.3, -0.25) is 4.79 Å². The van der Waals surface area contributed by atoms with Gasteiger partial charge in [0.1, 0.15) is 12.4 Å². The quantitative estimate of drug-likeness (QED) is 0.269. The maximum Gasteiger partial charge on any atom is 0.282 e. The molecular weight excluding hydrogens is 474 g/mol. The van der Waals surface area contributed by atoms with E-state index in [1.54, 1.807) is 19.4 Å². The Morgan fingerprint density at radius 3 is 2.58 bits per heavy atom. The molecule has 0 spiro atoms. The molecule has 1 heterocycles. The molecule has 0 N–H and O–H groups in total. The molecular formula is C29H28ClN3O3. The predicted molar refractivity (Wildman–Crippen MR) is 144 cm³/mol. The number of halogens is 1. The standard InChI is InChI=1S/C29H28ClN3O3/c1-35-26-13-7-10-22(27(26)36-19-20-14-16-23(30)17-15-20)18-31-33-28(21-8-3-2-4-9-21)32-25-12-6-5-11-24(25)29(33)34/h5-7,10-18,21H,2-4,8-9,19H2,1H3. The molecule has 6 nitrogen and oxygen atoms in total. The molecule has 1 fully saturated rings. The lowest BCUT2D eigenvalue weighted by Gasteiger charge is -2.22. The summed E-state index contributed by atoms with van der Waals surface area (Å²) < 4.78 is 13.2. The Kier molecular flexibility index (Phi) is 7.33. The van der Waals surface area contributed by atoms with Crippen LogP contribution in [0.15, 0.2) is 76.6 Å². The zero-order valence-electron chi connectivity index (χ0n) is 20.2. The topological polar surface area (TPSA) is 65.7 Å². The first-order valence-corrected chi connectivity index (χ1v) is 12.6. The fourth-order valence-corrected chi connectivity index (χ4v) is 4.81. The first-order valence-electron chi connectivity index (χ1n) is 12.2. The third kappa shape index (κ3) is 5.14. The van der Waals surface area contributed by atoms with Crippen LogP contribution < -0.4 is 15.0 Å². The molecule has 36 heavy (non-hydrogen) atoms. The van der Waals surface area contributed by atoms with Gasteiger partial charge in [-0.25, -0.2) is 4.98 Å². The lowest BCUT2D eigenvalue weighted by molar-refractivity contribution is 0.284. The molecule has 1 saturated carbocycles. The van der Waals surface area contributed by atoms with Gasteiger partial charge in [-0.2, -0.15) is 9.78 Å². The summed E-state index contributed by atoms with van der Waals surface area (Å²) in [7, 11) is 1.60. The number of para-hydroxylation sites is 2. The SMILES string of the molecule is COc1cccc(C=Nn2c(C3CCCCC3)nc3ccccc3c2=O)c1OCc1ccc(Cl)cc1. The normalized spacial score (nSPS) is 14.4. The highest BCUT2D eigenvalue weighted by Gasteiger charge is 2.22. The van der Waals surface area contributed by atoms with E-state index in [2.05, 4.69) is 5.10 Å². The van der Waals surface area contributed by atoms with E-state index in [4.69, 9.17) is 26.1 Å². The number of benzene rings is 3. The molecule has 7 heteroatoms. The molecule has 4 aromatic rings. The van der Waals surface area contributed by atoms with E-state index in [9.17, 15) is 4.79 Å². The fourth-order valence-electron chi connectivity index (χ4n) is 4.68. The molecule has 0 saturated heterocycles. The largest absolute Gasteiger partial charge is 0.493 e. The van der Waals surface area contributed by atoms with Gasteiger partial charge in [0.25, 0.3) is 5.56 Å². The second-order valence-electron chi connectivity index (χ2n) is 8.98. The van der Waals surface area contributed by atoms with Gasteiger partial charge in [0, 0.05) is 16.5 Å². The van der Waals surface area contributed by atoms with Gasteiger partial charge in [0.15, 0.2) is 11.5 Å². The van der Waals surface area contributed by atoms with Gasteiger partial charge in [-0.15, -0.1) is 0 Å². The zero-order chi connectivity index (χ0) is 24.9. The van der Waals surface area contributed by atoms with E-state index in [0.29, 0.717) is 39.6 Å². The summed E-state index contributed by atoms with van der Waals surface area (Å²) in [4.78, 5) is 18.4. The highest BCUT2D eigenvalue weighted by atomic mass is 35.5. The van der Waals surface area contributed by atoms with Crippen molar-refractivity contribution in [2.24, 2.45) is 5.10 Å². The Labute approximate surface area is 215 Å². The maximum absolute atomic E-state index is 13.5. The monoisotopic (exact) mass is 501 g/mol. The molecule has 0 bridgehead atoms. The molecule has 1 aromatic heterocycles. The van der Waals surface area contributed by atoms with Crippen LogP contribution in [-0.2, 0) is 6.61 Å². The molecule has 0 radical (unpaired) electrons. The van der Waals surface area contributed by atoms with Crippen LogP contribution >= 0.6 is 11.6 Å². The van der Waals surface area contributed by atoms with Gasteiger partial charge in [-0.1, -0.05) is 61.2 Å². The Morgan fingerprint density at radius 2 is 1.81 bits per heavy atom. The highest BCUT2D eigenvalue weighted by Crippen LogP contribution is 2.33. The summed E-state index contributed by atoms with van der Waals surface area (Å²) >= 11 is 6.01. The Hall–Kier alpha value is -3.64. The molecule has 1 aliphatic carbocycles. The number of hydrogen-bond acceptors (Lipinski definition) is 5. The van der Waals surface area contributed by atoms with Crippen molar-refractivity contribution < 1.29 is 9.47 Å². The molecule has 0 atom stereocenters. The second kappa shape index (κ2) is 11.0. The maximum atomic E-state index is 13.5. The van der Waals surface area contributed by atoms with Gasteiger partial charge in [-0.05, 0) is 54.8 Å². The summed E-state index contributed by atoms with van der Waals surface area (Å²) in [5.74, 6) is 2.07. The van der Waals surface area contributed by atoms with Gasteiger partial charge in [0.2, 0.25) is 0 Å². The smallest absolute Gasteiger partial charge is 0.282 e. The number of rotatable bonds is 7. The summed E-state index contributed by atoms with van der Waals surface area (Å²) in [6.45, 7) is 0.336. The van der Waals surface area contributed by atoms with Crippen molar-refractivity contribution in [2.45, 2.75) is 44.6 Å². The predicted octanol–water partition coefficient (Wildman–Crippen LogP) is 6.57. The lowest BCUT2D eigenvalue weighted by Crippen LogP contribution is -2.25. The van der Waals surface area contributed by atoms with Crippen molar-refractivity contribution in [3.05, 3.63) is 99.1 Å². The number of ether oxygens (including phenoxy) is 2. The van der Waals surface area contributed by atoms with E-state index in [0.717, 1.165) is 37.1 Å². The summed E-state index contributed by atoms with van der Waals surface area (Å²) in [6.07, 6.45) is 7.16. The summed E-state index contributed by atoms with van der Waals surface area (Å²) in [6, 6.07) is 20.6. The van der Waals surface area contributed by atoms with E-state index >= 15 is 0 Å². The number of aromatic nitrogens is 2. The Balaban J connectivity index is 1.53. The minimum absolute atomic E-state index is 0.163.